The highest BCUT2D eigenvalue weighted by Crippen LogP contribution is 2.38. The van der Waals surface area contributed by atoms with Crippen molar-refractivity contribution in [3.8, 4) is 17.4 Å². The standard InChI is InChI=1S/C20H15F2N7.C19H15BrF2N6/c21-14-3-4-16(22)15(8-14)17-2-1-6-27(17)19-5-7-28-20(26-19)18(11-25-28)29-12-13(9-23)10-24-29;20-12-9-23-28(11-12)17-10-24-27-7-5-18(25-19(17)27)26-6-1-2-16(26)14-8-13(21)3-4-15(14)22/h3-5,7-8,10-12,17H,1-2,6H2;3-5,7-11,16H,1-2,6H2/t17-;16-/m11/s1. The molecule has 0 spiro atoms. The normalized spacial score (nSPS) is 16.7. The highest BCUT2D eigenvalue weighted by atomic mass is 79.9. The van der Waals surface area contributed by atoms with Crippen molar-refractivity contribution in [3.05, 3.63) is 143 Å². The first-order chi connectivity index (χ1) is 27.7. The van der Waals surface area contributed by atoms with Crippen LogP contribution in [0.25, 0.3) is 22.7 Å². The van der Waals surface area contributed by atoms with Crippen LogP contribution >= 0.6 is 15.9 Å². The van der Waals surface area contributed by atoms with E-state index in [2.05, 4.69) is 36.3 Å². The Morgan fingerprint density at radius 1 is 0.632 bits per heavy atom. The van der Waals surface area contributed by atoms with Crippen LogP contribution in [0.1, 0.15) is 54.5 Å². The third-order valence-corrected chi connectivity index (χ3v) is 10.6. The molecule has 10 rings (SSSR count). The minimum Gasteiger partial charge on any atom is -0.349 e. The molecule has 0 saturated carbocycles. The molecule has 13 nitrogen and oxygen atoms in total. The number of rotatable bonds is 6. The number of fused-ring (bicyclic) bond motifs is 2. The molecule has 0 aliphatic carbocycles. The second-order valence-corrected chi connectivity index (χ2v) is 14.5. The van der Waals surface area contributed by atoms with E-state index in [0.717, 1.165) is 54.2 Å². The zero-order chi connectivity index (χ0) is 39.2. The van der Waals surface area contributed by atoms with Gasteiger partial charge in [0.15, 0.2) is 11.3 Å². The van der Waals surface area contributed by atoms with Crippen LogP contribution in [-0.4, -0.2) is 61.8 Å². The number of aromatic nitrogens is 10. The maximum Gasteiger partial charge on any atom is 0.183 e. The average Bonchev–Trinajstić information content (AvgIpc) is 4.08. The quantitative estimate of drug-likeness (QED) is 0.155. The maximum atomic E-state index is 14.4. The zero-order valence-corrected chi connectivity index (χ0v) is 31.4. The molecular weight excluding hydrogens is 806 g/mol. The number of nitrogens with zero attached hydrogens (tertiary/aromatic N) is 13. The summed E-state index contributed by atoms with van der Waals surface area (Å²) in [7, 11) is 0. The Kier molecular flexibility index (Phi) is 9.36. The summed E-state index contributed by atoms with van der Waals surface area (Å²) in [6.45, 7) is 1.41. The second kappa shape index (κ2) is 14.8. The van der Waals surface area contributed by atoms with Gasteiger partial charge >= 0.3 is 0 Å². The molecule has 0 bridgehead atoms. The molecule has 2 saturated heterocycles. The van der Waals surface area contributed by atoms with Gasteiger partial charge in [-0.05, 0) is 90.1 Å². The molecule has 8 aromatic rings. The third kappa shape index (κ3) is 6.84. The zero-order valence-electron chi connectivity index (χ0n) is 29.8. The molecule has 57 heavy (non-hydrogen) atoms. The van der Waals surface area contributed by atoms with E-state index >= 15 is 0 Å². The van der Waals surface area contributed by atoms with Gasteiger partial charge in [0, 0.05) is 49.0 Å². The molecule has 0 amide bonds. The molecule has 0 N–H and O–H groups in total. The summed E-state index contributed by atoms with van der Waals surface area (Å²) in [6.07, 6.45) is 16.7. The molecule has 2 aliphatic heterocycles. The molecule has 2 atom stereocenters. The predicted molar refractivity (Wildman–Crippen MR) is 204 cm³/mol. The molecule has 0 radical (unpaired) electrons. The summed E-state index contributed by atoms with van der Waals surface area (Å²) in [5.41, 5.74) is 3.69. The van der Waals surface area contributed by atoms with Gasteiger partial charge in [-0.2, -0.15) is 25.7 Å². The van der Waals surface area contributed by atoms with E-state index in [1.54, 1.807) is 49.4 Å². The Balaban J connectivity index is 0.000000148. The molecule has 286 valence electrons. The van der Waals surface area contributed by atoms with Crippen molar-refractivity contribution < 1.29 is 17.6 Å². The molecule has 2 aromatic carbocycles. The second-order valence-electron chi connectivity index (χ2n) is 13.6. The van der Waals surface area contributed by atoms with Crippen LogP contribution in [0.15, 0.2) is 103 Å². The molecule has 2 fully saturated rings. The monoisotopic (exact) mass is 835 g/mol. The summed E-state index contributed by atoms with van der Waals surface area (Å²) in [4.78, 5) is 13.5. The average molecular weight is 837 g/mol. The van der Waals surface area contributed by atoms with Gasteiger partial charge in [-0.1, -0.05) is 0 Å². The largest absolute Gasteiger partial charge is 0.349 e. The van der Waals surface area contributed by atoms with Crippen LogP contribution in [-0.2, 0) is 0 Å². The number of hydrogen-bond acceptors (Lipinski definition) is 9. The lowest BCUT2D eigenvalue weighted by Gasteiger charge is -2.26. The summed E-state index contributed by atoms with van der Waals surface area (Å²) in [5.74, 6) is -0.360. The lowest BCUT2D eigenvalue weighted by atomic mass is 10.0. The molecule has 18 heteroatoms. The Hall–Kier alpha value is -6.61. The van der Waals surface area contributed by atoms with Crippen LogP contribution < -0.4 is 9.80 Å². The first-order valence-corrected chi connectivity index (χ1v) is 18.8. The summed E-state index contributed by atoms with van der Waals surface area (Å²) in [6, 6.07) is 12.3. The summed E-state index contributed by atoms with van der Waals surface area (Å²) >= 11 is 3.39. The minimum atomic E-state index is -0.457. The van der Waals surface area contributed by atoms with E-state index < -0.39 is 23.3 Å². The number of benzene rings is 2. The fraction of sp³-hybridized carbons (Fsp3) is 0.205. The molecule has 8 heterocycles. The number of nitriles is 1. The van der Waals surface area contributed by atoms with Gasteiger partial charge in [0.25, 0.3) is 0 Å². The lowest BCUT2D eigenvalue weighted by Crippen LogP contribution is -2.24. The highest BCUT2D eigenvalue weighted by molar-refractivity contribution is 9.10. The van der Waals surface area contributed by atoms with Gasteiger partial charge in [0.2, 0.25) is 0 Å². The topological polar surface area (TPSA) is 126 Å². The maximum absolute atomic E-state index is 14.4. The van der Waals surface area contributed by atoms with Crippen molar-refractivity contribution in [1.82, 2.24) is 48.8 Å². The van der Waals surface area contributed by atoms with Crippen LogP contribution in [0, 0.1) is 34.6 Å². The third-order valence-electron chi connectivity index (χ3n) is 10.2. The van der Waals surface area contributed by atoms with E-state index in [-0.39, 0.29) is 12.1 Å². The van der Waals surface area contributed by atoms with Gasteiger partial charge in [-0.25, -0.2) is 45.9 Å². The van der Waals surface area contributed by atoms with Crippen molar-refractivity contribution in [2.75, 3.05) is 22.9 Å². The fourth-order valence-corrected chi connectivity index (χ4v) is 7.84. The molecule has 0 unspecified atom stereocenters. The van der Waals surface area contributed by atoms with Gasteiger partial charge in [-0.15, -0.1) is 0 Å². The van der Waals surface area contributed by atoms with Gasteiger partial charge in [0.05, 0.1) is 46.9 Å². The van der Waals surface area contributed by atoms with Gasteiger partial charge in [-0.3, -0.25) is 0 Å². The minimum absolute atomic E-state index is 0.254. The number of anilines is 2. The highest BCUT2D eigenvalue weighted by Gasteiger charge is 2.31. The van der Waals surface area contributed by atoms with E-state index in [9.17, 15) is 17.6 Å². The number of hydrogen-bond donors (Lipinski definition) is 0. The Labute approximate surface area is 330 Å². The lowest BCUT2D eigenvalue weighted by molar-refractivity contribution is 0.560. The Morgan fingerprint density at radius 3 is 1.61 bits per heavy atom. The van der Waals surface area contributed by atoms with Crippen molar-refractivity contribution >= 4 is 38.9 Å². The molecule has 2 aliphatic rings. The van der Waals surface area contributed by atoms with E-state index in [0.29, 0.717) is 58.3 Å². The van der Waals surface area contributed by atoms with Crippen LogP contribution in [0.4, 0.5) is 29.2 Å². The van der Waals surface area contributed by atoms with Crippen molar-refractivity contribution in [2.24, 2.45) is 0 Å². The number of halogens is 5. The van der Waals surface area contributed by atoms with Gasteiger partial charge in [0.1, 0.15) is 52.3 Å². The van der Waals surface area contributed by atoms with Crippen LogP contribution in [0.2, 0.25) is 0 Å². The smallest absolute Gasteiger partial charge is 0.183 e. The molecule has 6 aromatic heterocycles. The van der Waals surface area contributed by atoms with Crippen molar-refractivity contribution in [3.63, 3.8) is 0 Å². The Morgan fingerprint density at radius 2 is 1.14 bits per heavy atom. The van der Waals surface area contributed by atoms with E-state index in [4.69, 9.17) is 15.2 Å². The van der Waals surface area contributed by atoms with E-state index in [1.807, 2.05) is 40.4 Å². The predicted octanol–water partition coefficient (Wildman–Crippen LogP) is 7.70. The van der Waals surface area contributed by atoms with Crippen molar-refractivity contribution in [1.29, 1.82) is 5.26 Å². The first kappa shape index (κ1) is 36.1. The summed E-state index contributed by atoms with van der Waals surface area (Å²) < 4.78 is 63.5. The molecular formula is C39H30BrF4N13. The first-order valence-electron chi connectivity index (χ1n) is 18.0. The van der Waals surface area contributed by atoms with Gasteiger partial charge < -0.3 is 9.80 Å². The fourth-order valence-electron chi connectivity index (χ4n) is 7.55. The van der Waals surface area contributed by atoms with Crippen molar-refractivity contribution in [2.45, 2.75) is 37.8 Å². The Bertz CT molecular complexity index is 2800. The van der Waals surface area contributed by atoms with Crippen LogP contribution in [0.3, 0.4) is 0 Å². The van der Waals surface area contributed by atoms with Crippen LogP contribution in [0.5, 0.6) is 0 Å². The van der Waals surface area contributed by atoms with E-state index in [1.165, 1.54) is 24.4 Å². The SMILES string of the molecule is Fc1ccc(F)c([C@H]2CCCN2c2ccn3ncc(-n4cc(Br)cn4)c3n2)c1.N#Cc1cnn(-c2cnn3ccc(N4CCC[C@@H]4c4cc(F)ccc4F)nc23)c1. The summed E-state index contributed by atoms with van der Waals surface area (Å²) in [5, 5.41) is 26.1.